The Hall–Kier alpha value is -0.520. The zero-order chi connectivity index (χ0) is 15.4. The summed E-state index contributed by atoms with van der Waals surface area (Å²) >= 11 is 2.71. The van der Waals surface area contributed by atoms with Crippen LogP contribution in [0.4, 0.5) is 5.69 Å². The van der Waals surface area contributed by atoms with Crippen molar-refractivity contribution in [2.24, 2.45) is 0 Å². The number of unbranched alkanes of at least 4 members (excludes halogenated alkanes) is 1. The lowest BCUT2D eigenvalue weighted by Crippen LogP contribution is -2.39. The van der Waals surface area contributed by atoms with Gasteiger partial charge in [0.05, 0.1) is 12.3 Å². The molecule has 1 heterocycles. The number of fused-ring (bicyclic) bond motifs is 1. The van der Waals surface area contributed by atoms with Crippen molar-refractivity contribution in [1.82, 2.24) is 5.14 Å². The molecule has 2 aliphatic rings. The molecule has 1 aromatic rings. The minimum absolute atomic E-state index is 0.0639. The van der Waals surface area contributed by atoms with E-state index in [1.54, 1.807) is 11.8 Å². The van der Waals surface area contributed by atoms with Crippen LogP contribution in [0.1, 0.15) is 51.9 Å². The van der Waals surface area contributed by atoms with Crippen LogP contribution in [-0.4, -0.2) is 17.4 Å². The van der Waals surface area contributed by atoms with Gasteiger partial charge in [0.25, 0.3) is 0 Å². The second kappa shape index (κ2) is 7.84. The highest BCUT2D eigenvalue weighted by Gasteiger charge is 2.38. The first-order valence-corrected chi connectivity index (χ1v) is 10.1. The quantitative estimate of drug-likeness (QED) is 0.534. The number of benzene rings is 1. The summed E-state index contributed by atoms with van der Waals surface area (Å²) in [7, 11) is 0. The van der Waals surface area contributed by atoms with Gasteiger partial charge in [0.2, 0.25) is 0 Å². The Morgan fingerprint density at radius 2 is 2.14 bits per heavy atom. The van der Waals surface area contributed by atoms with Crippen LogP contribution in [0.5, 0.6) is 5.75 Å². The molecule has 1 aliphatic heterocycles. The van der Waals surface area contributed by atoms with Gasteiger partial charge in [-0.1, -0.05) is 55.6 Å². The molecule has 1 aliphatic carbocycles. The van der Waals surface area contributed by atoms with Gasteiger partial charge in [-0.05, 0) is 43.3 Å². The average molecular weight is 337 g/mol. The zero-order valence-corrected chi connectivity index (χ0v) is 14.8. The Balaban J connectivity index is 1.86. The first-order valence-electron chi connectivity index (χ1n) is 8.36. The maximum atomic E-state index is 9.76. The lowest BCUT2D eigenvalue weighted by atomic mass is 9.94. The van der Waals surface area contributed by atoms with Crippen molar-refractivity contribution in [3.05, 3.63) is 18.2 Å². The van der Waals surface area contributed by atoms with E-state index in [9.17, 15) is 5.14 Å². The van der Waals surface area contributed by atoms with E-state index in [2.05, 4.69) is 30.0 Å². The predicted octanol–water partition coefficient (Wildman–Crippen LogP) is 5.11. The van der Waals surface area contributed by atoms with Crippen molar-refractivity contribution in [2.75, 3.05) is 11.5 Å². The number of hydrogen-bond donors (Lipinski definition) is 0. The number of para-hydroxylation sites is 1. The topological polar surface area (TPSA) is 34.8 Å². The second-order valence-corrected chi connectivity index (χ2v) is 8.11. The van der Waals surface area contributed by atoms with Gasteiger partial charge >= 0.3 is 0 Å². The van der Waals surface area contributed by atoms with E-state index in [1.165, 1.54) is 42.7 Å². The lowest BCUT2D eigenvalue weighted by Gasteiger charge is -2.36. The molecule has 0 N–H and O–H groups in total. The summed E-state index contributed by atoms with van der Waals surface area (Å²) in [6.07, 6.45) is 8.60. The van der Waals surface area contributed by atoms with Gasteiger partial charge in [0.15, 0.2) is 0 Å². The molecule has 0 amide bonds. The molecule has 0 aromatic heterocycles. The van der Waals surface area contributed by atoms with E-state index in [0.29, 0.717) is 6.04 Å². The molecule has 5 heteroatoms. The molecule has 1 saturated carbocycles. The van der Waals surface area contributed by atoms with Gasteiger partial charge in [-0.25, -0.2) is 0 Å². The van der Waals surface area contributed by atoms with E-state index in [-0.39, 0.29) is 4.71 Å². The van der Waals surface area contributed by atoms with E-state index >= 15 is 0 Å². The molecule has 3 nitrogen and oxygen atoms in total. The minimum Gasteiger partial charge on any atom is -0.491 e. The van der Waals surface area contributed by atoms with Crippen LogP contribution in [-0.2, 0) is 0 Å². The van der Waals surface area contributed by atoms with E-state index in [1.807, 2.05) is 0 Å². The molecule has 1 unspecified atom stereocenters. The predicted molar refractivity (Wildman–Crippen MR) is 95.6 cm³/mol. The fourth-order valence-electron chi connectivity index (χ4n) is 3.35. The van der Waals surface area contributed by atoms with Crippen molar-refractivity contribution in [3.8, 4) is 5.75 Å². The molecule has 1 atom stereocenters. The third-order valence-electron chi connectivity index (χ3n) is 4.49. The monoisotopic (exact) mass is 336 g/mol. The van der Waals surface area contributed by atoms with E-state index in [0.717, 1.165) is 37.1 Å². The number of thioether (sulfide) groups is 1. The third-order valence-corrected chi connectivity index (χ3v) is 6.46. The molecule has 1 fully saturated rings. The maximum Gasteiger partial charge on any atom is 0.144 e. The van der Waals surface area contributed by atoms with Crippen molar-refractivity contribution in [2.45, 2.75) is 67.5 Å². The summed E-state index contributed by atoms with van der Waals surface area (Å²) in [5, 5.41) is 9.76. The number of hydrogen-bond acceptors (Lipinski definition) is 4. The highest BCUT2D eigenvalue weighted by molar-refractivity contribution is 8.16. The summed E-state index contributed by atoms with van der Waals surface area (Å²) in [6.45, 7) is 2.95. The molecule has 120 valence electrons. The molecular formula is C17H24N2OS2. The fraction of sp³-hybridized carbons (Fsp3) is 0.647. The minimum atomic E-state index is 0.0639. The average Bonchev–Trinajstić information content (AvgIpc) is 2.95. The van der Waals surface area contributed by atoms with Crippen LogP contribution in [0, 0.1) is 0 Å². The van der Waals surface area contributed by atoms with Crippen LogP contribution < -0.4 is 14.8 Å². The molecule has 0 bridgehead atoms. The summed E-state index contributed by atoms with van der Waals surface area (Å²) in [4.78, 5) is 3.66. The Morgan fingerprint density at radius 1 is 1.32 bits per heavy atom. The number of nitrogens with zero attached hydrogens (tertiary/aromatic N) is 2. The van der Waals surface area contributed by atoms with Crippen molar-refractivity contribution in [3.63, 3.8) is 0 Å². The van der Waals surface area contributed by atoms with Gasteiger partial charge in [-0.3, -0.25) is 0 Å². The van der Waals surface area contributed by atoms with Crippen LogP contribution in [0.25, 0.3) is 0 Å². The summed E-state index contributed by atoms with van der Waals surface area (Å²) in [5.41, 5.74) is 1.21. The van der Waals surface area contributed by atoms with Crippen molar-refractivity contribution < 1.29 is 4.74 Å². The van der Waals surface area contributed by atoms with Crippen LogP contribution >= 0.6 is 23.7 Å². The van der Waals surface area contributed by atoms with Crippen LogP contribution in [0.3, 0.4) is 0 Å². The summed E-state index contributed by atoms with van der Waals surface area (Å²) in [6, 6.07) is 6.83. The molecule has 22 heavy (non-hydrogen) atoms. The van der Waals surface area contributed by atoms with Gasteiger partial charge < -0.3 is 9.64 Å². The highest BCUT2D eigenvalue weighted by Crippen LogP contribution is 2.53. The van der Waals surface area contributed by atoms with Gasteiger partial charge in [0, 0.05) is 10.9 Å². The fourth-order valence-corrected chi connectivity index (χ4v) is 5.30. The Morgan fingerprint density at radius 3 is 2.86 bits per heavy atom. The van der Waals surface area contributed by atoms with E-state index in [4.69, 9.17) is 4.74 Å². The summed E-state index contributed by atoms with van der Waals surface area (Å²) < 4.78 is 6.12. The zero-order valence-electron chi connectivity index (χ0n) is 13.2. The Kier molecular flexibility index (Phi) is 5.83. The van der Waals surface area contributed by atoms with Gasteiger partial charge in [-0.2, -0.15) is 0 Å². The third kappa shape index (κ3) is 3.36. The SMILES string of the molecule is CCCCOc1cccc2c1N(C1CCCCC1)C(S[N])S2. The molecule has 0 saturated heterocycles. The summed E-state index contributed by atoms with van der Waals surface area (Å²) in [5.74, 6) is 0.987. The smallest absolute Gasteiger partial charge is 0.144 e. The first kappa shape index (κ1) is 16.3. The largest absolute Gasteiger partial charge is 0.491 e. The molecule has 3 rings (SSSR count). The normalized spacial score (nSPS) is 21.9. The van der Waals surface area contributed by atoms with Crippen LogP contribution in [0.2, 0.25) is 0 Å². The second-order valence-electron chi connectivity index (χ2n) is 6.03. The van der Waals surface area contributed by atoms with Crippen molar-refractivity contribution in [1.29, 1.82) is 0 Å². The van der Waals surface area contributed by atoms with Gasteiger partial charge in [-0.15, -0.1) is 0 Å². The number of ether oxygens (including phenoxy) is 1. The molecule has 1 aromatic carbocycles. The Labute approximate surface area is 142 Å². The molecular weight excluding hydrogens is 312 g/mol. The maximum absolute atomic E-state index is 9.76. The molecule has 0 spiro atoms. The Bertz CT molecular complexity index is 492. The standard InChI is InChI=1S/C17H24N2OS2/c1-2-3-12-20-14-10-7-11-15-16(14)19(17(21-15)22-18)13-8-5-4-6-9-13/h7,10-11,13,17H,2-6,8-9,12H2,1H3. The first-order chi connectivity index (χ1) is 10.8. The van der Waals surface area contributed by atoms with Crippen LogP contribution in [0.15, 0.2) is 23.1 Å². The highest BCUT2D eigenvalue weighted by atomic mass is 32.2. The van der Waals surface area contributed by atoms with Crippen molar-refractivity contribution >= 4 is 29.4 Å². The number of rotatable bonds is 6. The van der Waals surface area contributed by atoms with Gasteiger partial charge in [0.1, 0.15) is 10.5 Å². The molecule has 2 radical (unpaired) electrons. The number of anilines is 1. The van der Waals surface area contributed by atoms with E-state index < -0.39 is 0 Å². The lowest BCUT2D eigenvalue weighted by molar-refractivity contribution is 0.307.